The van der Waals surface area contributed by atoms with Crippen molar-refractivity contribution in [1.29, 1.82) is 0 Å². The molecule has 0 amide bonds. The Bertz CT molecular complexity index is 440. The van der Waals surface area contributed by atoms with Gasteiger partial charge in [0.2, 0.25) is 0 Å². The fraction of sp³-hybridized carbons (Fsp3) is 0.429. The lowest BCUT2D eigenvalue weighted by Gasteiger charge is -2.33. The molecule has 1 aromatic rings. The van der Waals surface area contributed by atoms with Crippen LogP contribution in [-0.2, 0) is 0 Å². The molecule has 18 heavy (non-hydrogen) atoms. The van der Waals surface area contributed by atoms with Crippen molar-refractivity contribution < 1.29 is 8.78 Å². The number of hydrogen-bond acceptors (Lipinski definition) is 2. The van der Waals surface area contributed by atoms with Gasteiger partial charge >= 0.3 is 0 Å². The molecule has 1 aromatic carbocycles. The molecule has 0 radical (unpaired) electrons. The highest BCUT2D eigenvalue weighted by Crippen LogP contribution is 2.27. The molecule has 0 aromatic heterocycles. The van der Waals surface area contributed by atoms with Gasteiger partial charge in [-0.05, 0) is 12.5 Å². The van der Waals surface area contributed by atoms with Crippen molar-refractivity contribution in [3.8, 4) is 0 Å². The molecule has 1 heterocycles. The van der Waals surface area contributed by atoms with Crippen molar-refractivity contribution in [2.24, 2.45) is 0 Å². The molecule has 0 unspecified atom stereocenters. The lowest BCUT2D eigenvalue weighted by Crippen LogP contribution is -2.44. The first-order chi connectivity index (χ1) is 8.65. The molecule has 1 fully saturated rings. The Morgan fingerprint density at radius 1 is 1.28 bits per heavy atom. The van der Waals surface area contributed by atoms with E-state index >= 15 is 0 Å². The minimum absolute atomic E-state index is 0.262. The van der Waals surface area contributed by atoms with Crippen LogP contribution in [-0.4, -0.2) is 31.1 Å². The highest BCUT2D eigenvalue weighted by Gasteiger charge is 2.23. The number of benzene rings is 1. The average molecular weight is 252 g/mol. The molecule has 1 atom stereocenters. The molecule has 0 aliphatic carbocycles. The zero-order chi connectivity index (χ0) is 13.1. The summed E-state index contributed by atoms with van der Waals surface area (Å²) in [6.45, 7) is 8.67. The molecule has 0 bridgehead atoms. The molecule has 1 aliphatic rings. The van der Waals surface area contributed by atoms with Crippen molar-refractivity contribution in [3.63, 3.8) is 0 Å². The number of halogens is 2. The van der Waals surface area contributed by atoms with Crippen molar-refractivity contribution in [3.05, 3.63) is 47.5 Å². The summed E-state index contributed by atoms with van der Waals surface area (Å²) in [5.41, 5.74) is 0.703. The van der Waals surface area contributed by atoms with E-state index in [-0.39, 0.29) is 6.04 Å². The van der Waals surface area contributed by atoms with E-state index in [2.05, 4.69) is 16.8 Å². The van der Waals surface area contributed by atoms with Crippen LogP contribution in [0.4, 0.5) is 8.78 Å². The average Bonchev–Trinajstić information content (AvgIpc) is 2.41. The second-order valence-corrected chi connectivity index (χ2v) is 4.57. The van der Waals surface area contributed by atoms with Crippen LogP contribution in [0.5, 0.6) is 0 Å². The van der Waals surface area contributed by atoms with Crippen LogP contribution < -0.4 is 5.32 Å². The van der Waals surface area contributed by atoms with E-state index in [0.29, 0.717) is 11.1 Å². The van der Waals surface area contributed by atoms with E-state index in [1.54, 1.807) is 25.1 Å². The summed E-state index contributed by atoms with van der Waals surface area (Å²) >= 11 is 0. The summed E-state index contributed by atoms with van der Waals surface area (Å²) in [6.07, 6.45) is 1.68. The van der Waals surface area contributed by atoms with Crippen molar-refractivity contribution in [2.45, 2.75) is 13.0 Å². The highest BCUT2D eigenvalue weighted by atomic mass is 19.2. The van der Waals surface area contributed by atoms with Crippen LogP contribution in [0, 0.1) is 18.6 Å². The lowest BCUT2D eigenvalue weighted by molar-refractivity contribution is 0.199. The molecule has 4 heteroatoms. The minimum Gasteiger partial charge on any atom is -0.314 e. The standard InChI is InChI=1S/C14H18F2N2/c1-3-12(18-8-6-17-7-9-18)11-5-4-10(2)13(15)14(11)16/h3-5,12,17H,1,6-9H2,2H3/t12-/m0/s1. The highest BCUT2D eigenvalue weighted by molar-refractivity contribution is 5.30. The van der Waals surface area contributed by atoms with Gasteiger partial charge in [-0.1, -0.05) is 18.2 Å². The Hall–Kier alpha value is -1.26. The van der Waals surface area contributed by atoms with Crippen LogP contribution in [0.3, 0.4) is 0 Å². The molecule has 2 rings (SSSR count). The predicted molar refractivity (Wildman–Crippen MR) is 68.5 cm³/mol. The quantitative estimate of drug-likeness (QED) is 0.831. The van der Waals surface area contributed by atoms with Crippen molar-refractivity contribution in [2.75, 3.05) is 26.2 Å². The van der Waals surface area contributed by atoms with E-state index in [9.17, 15) is 8.78 Å². The molecule has 1 aliphatic heterocycles. The van der Waals surface area contributed by atoms with Crippen LogP contribution in [0.1, 0.15) is 17.2 Å². The monoisotopic (exact) mass is 252 g/mol. The van der Waals surface area contributed by atoms with Crippen molar-refractivity contribution >= 4 is 0 Å². The summed E-state index contributed by atoms with van der Waals surface area (Å²) in [5, 5.41) is 3.24. The number of hydrogen-bond donors (Lipinski definition) is 1. The number of piperazine rings is 1. The number of rotatable bonds is 3. The van der Waals surface area contributed by atoms with Crippen LogP contribution in [0.25, 0.3) is 0 Å². The molecule has 1 N–H and O–H groups in total. The second-order valence-electron chi connectivity index (χ2n) is 4.57. The molecule has 2 nitrogen and oxygen atoms in total. The van der Waals surface area contributed by atoms with E-state index in [1.807, 2.05) is 0 Å². The Morgan fingerprint density at radius 2 is 1.94 bits per heavy atom. The third-order valence-corrected chi connectivity index (χ3v) is 3.39. The van der Waals surface area contributed by atoms with Gasteiger partial charge in [-0.2, -0.15) is 0 Å². The molecular weight excluding hydrogens is 234 g/mol. The van der Waals surface area contributed by atoms with Crippen LogP contribution in [0.15, 0.2) is 24.8 Å². The van der Waals surface area contributed by atoms with Gasteiger partial charge in [0.25, 0.3) is 0 Å². The van der Waals surface area contributed by atoms with Gasteiger partial charge in [-0.3, -0.25) is 4.90 Å². The summed E-state index contributed by atoms with van der Waals surface area (Å²) in [6, 6.07) is 3.01. The largest absolute Gasteiger partial charge is 0.314 e. The Balaban J connectivity index is 2.32. The second kappa shape index (κ2) is 5.59. The molecule has 98 valence electrons. The van der Waals surface area contributed by atoms with E-state index in [0.717, 1.165) is 26.2 Å². The maximum Gasteiger partial charge on any atom is 0.164 e. The van der Waals surface area contributed by atoms with Gasteiger partial charge in [-0.15, -0.1) is 6.58 Å². The van der Waals surface area contributed by atoms with Gasteiger partial charge in [0.1, 0.15) is 0 Å². The molecule has 1 saturated heterocycles. The normalized spacial score (nSPS) is 18.6. The predicted octanol–water partition coefficient (Wildman–Crippen LogP) is 2.41. The van der Waals surface area contributed by atoms with Crippen molar-refractivity contribution in [1.82, 2.24) is 10.2 Å². The zero-order valence-electron chi connectivity index (χ0n) is 10.5. The summed E-state index contributed by atoms with van der Waals surface area (Å²) in [7, 11) is 0. The fourth-order valence-corrected chi connectivity index (χ4v) is 2.32. The summed E-state index contributed by atoms with van der Waals surface area (Å²) in [5.74, 6) is -1.51. The molecule has 0 spiro atoms. The third kappa shape index (κ3) is 2.44. The van der Waals surface area contributed by atoms with Crippen LogP contribution >= 0.6 is 0 Å². The first-order valence-electron chi connectivity index (χ1n) is 6.17. The topological polar surface area (TPSA) is 15.3 Å². The van der Waals surface area contributed by atoms with Gasteiger partial charge in [0.15, 0.2) is 11.6 Å². The van der Waals surface area contributed by atoms with Gasteiger partial charge < -0.3 is 5.32 Å². The molecule has 0 saturated carbocycles. The Labute approximate surface area is 106 Å². The van der Waals surface area contributed by atoms with Gasteiger partial charge in [-0.25, -0.2) is 8.78 Å². The van der Waals surface area contributed by atoms with E-state index in [4.69, 9.17) is 0 Å². The Kier molecular flexibility index (Phi) is 4.09. The first kappa shape index (κ1) is 13.2. The third-order valence-electron chi connectivity index (χ3n) is 3.39. The van der Waals surface area contributed by atoms with E-state index in [1.165, 1.54) is 0 Å². The van der Waals surface area contributed by atoms with E-state index < -0.39 is 11.6 Å². The number of aryl methyl sites for hydroxylation is 1. The zero-order valence-corrected chi connectivity index (χ0v) is 10.5. The van der Waals surface area contributed by atoms with Crippen LogP contribution in [0.2, 0.25) is 0 Å². The minimum atomic E-state index is -0.755. The maximum atomic E-state index is 14.0. The lowest BCUT2D eigenvalue weighted by atomic mass is 10.0. The van der Waals surface area contributed by atoms with Gasteiger partial charge in [0.05, 0.1) is 6.04 Å². The number of nitrogens with one attached hydrogen (secondary N) is 1. The van der Waals surface area contributed by atoms with Gasteiger partial charge in [0, 0.05) is 31.7 Å². The smallest absolute Gasteiger partial charge is 0.164 e. The first-order valence-corrected chi connectivity index (χ1v) is 6.17. The maximum absolute atomic E-state index is 14.0. The summed E-state index contributed by atoms with van der Waals surface area (Å²) < 4.78 is 27.6. The Morgan fingerprint density at radius 3 is 2.56 bits per heavy atom. The molecular formula is C14H18F2N2. The number of nitrogens with zero attached hydrogens (tertiary/aromatic N) is 1. The summed E-state index contributed by atoms with van der Waals surface area (Å²) in [4.78, 5) is 2.11. The fourth-order valence-electron chi connectivity index (χ4n) is 2.32. The SMILES string of the molecule is C=C[C@@H](c1ccc(C)c(F)c1F)N1CCNCC1.